The summed E-state index contributed by atoms with van der Waals surface area (Å²) in [6, 6.07) is 12.0. The van der Waals surface area contributed by atoms with Gasteiger partial charge >= 0.3 is 0 Å². The highest BCUT2D eigenvalue weighted by Crippen LogP contribution is 2.29. The van der Waals surface area contributed by atoms with Crippen LogP contribution in [0.5, 0.6) is 0 Å². The number of hydrogen-bond acceptors (Lipinski definition) is 3. The first-order chi connectivity index (χ1) is 8.70. The summed E-state index contributed by atoms with van der Waals surface area (Å²) in [4.78, 5) is 4.20. The smallest absolute Gasteiger partial charge is 0.116 e. The molecule has 0 amide bonds. The Morgan fingerprint density at radius 1 is 1.39 bits per heavy atom. The van der Waals surface area contributed by atoms with Crippen LogP contribution in [0.1, 0.15) is 16.7 Å². The van der Waals surface area contributed by atoms with Crippen molar-refractivity contribution in [1.29, 1.82) is 5.26 Å². The number of pyridine rings is 1. The molecule has 2 rings (SSSR count). The fourth-order valence-electron chi connectivity index (χ4n) is 1.57. The molecular weight excluding hydrogens is 264 g/mol. The second kappa shape index (κ2) is 5.90. The number of thioether (sulfide) groups is 1. The monoisotopic (exact) mass is 274 g/mol. The van der Waals surface area contributed by atoms with E-state index in [-0.39, 0.29) is 0 Å². The molecule has 0 radical (unpaired) electrons. The lowest BCUT2D eigenvalue weighted by Crippen LogP contribution is -1.88. The molecule has 0 aliphatic heterocycles. The van der Waals surface area contributed by atoms with Crippen LogP contribution in [-0.4, -0.2) is 4.98 Å². The molecule has 18 heavy (non-hydrogen) atoms. The summed E-state index contributed by atoms with van der Waals surface area (Å²) in [5.41, 5.74) is 2.93. The molecule has 0 N–H and O–H groups in total. The van der Waals surface area contributed by atoms with Gasteiger partial charge in [0.1, 0.15) is 11.1 Å². The molecule has 0 bridgehead atoms. The van der Waals surface area contributed by atoms with Crippen LogP contribution >= 0.6 is 23.4 Å². The van der Waals surface area contributed by atoms with Crippen LogP contribution in [0.25, 0.3) is 0 Å². The molecule has 0 saturated carbocycles. The van der Waals surface area contributed by atoms with Crippen molar-refractivity contribution in [2.75, 3.05) is 0 Å². The molecule has 0 unspecified atom stereocenters. The zero-order valence-corrected chi connectivity index (χ0v) is 11.4. The van der Waals surface area contributed by atoms with Crippen LogP contribution in [0.2, 0.25) is 5.02 Å². The fraction of sp³-hybridized carbons (Fsp3) is 0.143. The van der Waals surface area contributed by atoms with Gasteiger partial charge in [0, 0.05) is 11.9 Å². The van der Waals surface area contributed by atoms with Crippen molar-refractivity contribution >= 4 is 23.4 Å². The van der Waals surface area contributed by atoms with Gasteiger partial charge in [-0.2, -0.15) is 5.26 Å². The van der Waals surface area contributed by atoms with E-state index >= 15 is 0 Å². The third-order valence-electron chi connectivity index (χ3n) is 2.44. The van der Waals surface area contributed by atoms with Crippen LogP contribution < -0.4 is 0 Å². The van der Waals surface area contributed by atoms with Crippen LogP contribution in [0, 0.1) is 18.3 Å². The van der Waals surface area contributed by atoms with Crippen molar-refractivity contribution in [2.24, 2.45) is 0 Å². The van der Waals surface area contributed by atoms with E-state index in [2.05, 4.69) is 36.2 Å². The van der Waals surface area contributed by atoms with Crippen LogP contribution in [0.15, 0.2) is 41.6 Å². The third kappa shape index (κ3) is 3.04. The lowest BCUT2D eigenvalue weighted by molar-refractivity contribution is 1.12. The predicted molar refractivity (Wildman–Crippen MR) is 74.7 cm³/mol. The molecular formula is C14H11ClN2S. The second-order valence-corrected chi connectivity index (χ2v) is 5.21. The molecule has 90 valence electrons. The lowest BCUT2D eigenvalue weighted by Gasteiger charge is -2.05. The maximum atomic E-state index is 8.89. The largest absolute Gasteiger partial charge is 0.248 e. The van der Waals surface area contributed by atoms with Crippen LogP contribution in [-0.2, 0) is 5.75 Å². The minimum Gasteiger partial charge on any atom is -0.248 e. The minimum absolute atomic E-state index is 0.442. The summed E-state index contributed by atoms with van der Waals surface area (Å²) >= 11 is 7.64. The molecule has 0 fully saturated rings. The van der Waals surface area contributed by atoms with E-state index in [1.54, 1.807) is 24.0 Å². The molecule has 0 aliphatic rings. The topological polar surface area (TPSA) is 36.7 Å². The van der Waals surface area contributed by atoms with Gasteiger partial charge < -0.3 is 0 Å². The number of hydrogen-bond donors (Lipinski definition) is 0. The molecule has 0 saturated heterocycles. The maximum Gasteiger partial charge on any atom is 0.116 e. The first-order valence-corrected chi connectivity index (χ1v) is 6.80. The maximum absolute atomic E-state index is 8.89. The van der Waals surface area contributed by atoms with E-state index in [0.717, 1.165) is 5.75 Å². The van der Waals surface area contributed by atoms with E-state index in [0.29, 0.717) is 15.6 Å². The number of halogens is 1. The predicted octanol–water partition coefficient (Wildman–Crippen LogP) is 4.21. The van der Waals surface area contributed by atoms with Gasteiger partial charge in [0.05, 0.1) is 10.6 Å². The summed E-state index contributed by atoms with van der Waals surface area (Å²) in [5.74, 6) is 0.795. The van der Waals surface area contributed by atoms with Gasteiger partial charge in [-0.3, -0.25) is 0 Å². The van der Waals surface area contributed by atoms with Crippen molar-refractivity contribution < 1.29 is 0 Å². The highest BCUT2D eigenvalue weighted by atomic mass is 35.5. The number of aryl methyl sites for hydroxylation is 1. The van der Waals surface area contributed by atoms with Gasteiger partial charge in [-0.15, -0.1) is 11.8 Å². The third-order valence-corrected chi connectivity index (χ3v) is 3.99. The number of benzene rings is 1. The number of nitrogens with zero attached hydrogens (tertiary/aromatic N) is 2. The summed E-state index contributed by atoms with van der Waals surface area (Å²) in [7, 11) is 0. The van der Waals surface area contributed by atoms with Gasteiger partial charge in [-0.05, 0) is 18.6 Å². The Kier molecular flexibility index (Phi) is 4.24. The Hall–Kier alpha value is -1.50. The average Bonchev–Trinajstić information content (AvgIpc) is 2.38. The average molecular weight is 275 g/mol. The molecule has 2 nitrogen and oxygen atoms in total. The number of nitriles is 1. The molecule has 1 aromatic carbocycles. The van der Waals surface area contributed by atoms with Gasteiger partial charge in [-0.1, -0.05) is 41.4 Å². The zero-order valence-electron chi connectivity index (χ0n) is 9.85. The molecule has 1 aromatic heterocycles. The van der Waals surface area contributed by atoms with Crippen molar-refractivity contribution in [3.8, 4) is 6.07 Å². The Morgan fingerprint density at radius 3 is 2.94 bits per heavy atom. The van der Waals surface area contributed by atoms with Crippen LogP contribution in [0.3, 0.4) is 0 Å². The zero-order chi connectivity index (χ0) is 13.0. The number of aromatic nitrogens is 1. The van der Waals surface area contributed by atoms with E-state index < -0.39 is 0 Å². The van der Waals surface area contributed by atoms with Crippen molar-refractivity contribution in [3.63, 3.8) is 0 Å². The molecule has 4 heteroatoms. The van der Waals surface area contributed by atoms with Crippen molar-refractivity contribution in [2.45, 2.75) is 17.7 Å². The second-order valence-electron chi connectivity index (χ2n) is 3.87. The molecule has 1 heterocycles. The minimum atomic E-state index is 0.442. The SMILES string of the molecule is Cc1cccc(CSc2nccc(C#N)c2Cl)c1. The van der Waals surface area contributed by atoms with Crippen molar-refractivity contribution in [3.05, 3.63) is 58.2 Å². The summed E-state index contributed by atoms with van der Waals surface area (Å²) in [6.45, 7) is 2.07. The Bertz CT molecular complexity index is 605. The van der Waals surface area contributed by atoms with Gasteiger partial charge in [-0.25, -0.2) is 4.98 Å². The first kappa shape index (κ1) is 12.9. The molecule has 0 atom stereocenters. The Labute approximate surface area is 116 Å². The van der Waals surface area contributed by atoms with E-state index in [9.17, 15) is 0 Å². The van der Waals surface area contributed by atoms with E-state index in [4.69, 9.17) is 16.9 Å². The summed E-state index contributed by atoms with van der Waals surface area (Å²) in [5, 5.41) is 10.0. The van der Waals surface area contributed by atoms with E-state index in [1.165, 1.54) is 11.1 Å². The Morgan fingerprint density at radius 2 is 2.22 bits per heavy atom. The molecule has 0 aliphatic carbocycles. The highest BCUT2D eigenvalue weighted by molar-refractivity contribution is 7.98. The Balaban J connectivity index is 2.14. The van der Waals surface area contributed by atoms with Gasteiger partial charge in [0.25, 0.3) is 0 Å². The van der Waals surface area contributed by atoms with E-state index in [1.807, 2.05) is 6.07 Å². The van der Waals surface area contributed by atoms with Gasteiger partial charge in [0.15, 0.2) is 0 Å². The standard InChI is InChI=1S/C14H11ClN2S/c1-10-3-2-4-11(7-10)9-18-14-13(15)12(8-16)5-6-17-14/h2-7H,9H2,1H3. The highest BCUT2D eigenvalue weighted by Gasteiger charge is 2.07. The molecule has 0 spiro atoms. The summed E-state index contributed by atoms with van der Waals surface area (Å²) in [6.07, 6.45) is 1.61. The summed E-state index contributed by atoms with van der Waals surface area (Å²) < 4.78 is 0. The first-order valence-electron chi connectivity index (χ1n) is 5.43. The van der Waals surface area contributed by atoms with Gasteiger partial charge in [0.2, 0.25) is 0 Å². The van der Waals surface area contributed by atoms with Crippen LogP contribution in [0.4, 0.5) is 0 Å². The number of rotatable bonds is 3. The lowest BCUT2D eigenvalue weighted by atomic mass is 10.2. The fourth-order valence-corrected chi connectivity index (χ4v) is 2.74. The van der Waals surface area contributed by atoms with Crippen molar-refractivity contribution in [1.82, 2.24) is 4.98 Å². The molecule has 2 aromatic rings. The normalized spacial score (nSPS) is 10.1. The quantitative estimate of drug-likeness (QED) is 0.787.